The van der Waals surface area contributed by atoms with Crippen LogP contribution in [0.25, 0.3) is 0 Å². The van der Waals surface area contributed by atoms with E-state index in [1.54, 1.807) is 24.3 Å². The fraction of sp³-hybridized carbons (Fsp3) is 0.409. The summed E-state index contributed by atoms with van der Waals surface area (Å²) in [6.07, 6.45) is 3.67. The second-order valence-corrected chi connectivity index (χ2v) is 6.64. The highest BCUT2D eigenvalue weighted by molar-refractivity contribution is 6.10. The van der Waals surface area contributed by atoms with Gasteiger partial charge in [-0.3, -0.25) is 4.79 Å². The number of hydrogen-bond donors (Lipinski definition) is 1. The van der Waals surface area contributed by atoms with Gasteiger partial charge in [0.15, 0.2) is 5.78 Å². The molecule has 0 saturated heterocycles. The molecule has 0 aliphatic heterocycles. The molecular weight excluding hydrogens is 312 g/mol. The Bertz CT molecular complexity index is 651. The molecule has 2 atom stereocenters. The standard InChI is InChI=1S/C22H28O3/c1-3-4-10-17(2)15-19(23)16-25-21-14-9-8-13-20(21)22(24)18-11-6-5-7-12-18/h5-9,11-14,17,19,23H,3-4,10,15-16H2,1-2H3. The number of ketones is 1. The number of benzene rings is 2. The molecule has 3 heteroatoms. The van der Waals surface area contributed by atoms with Crippen molar-refractivity contribution in [3.63, 3.8) is 0 Å². The lowest BCUT2D eigenvalue weighted by atomic mass is 9.98. The summed E-state index contributed by atoms with van der Waals surface area (Å²) in [5.41, 5.74) is 1.16. The highest BCUT2D eigenvalue weighted by Gasteiger charge is 2.16. The third-order valence-corrected chi connectivity index (χ3v) is 4.32. The fourth-order valence-electron chi connectivity index (χ4n) is 2.91. The molecule has 0 spiro atoms. The van der Waals surface area contributed by atoms with Crippen molar-refractivity contribution in [3.8, 4) is 5.75 Å². The van der Waals surface area contributed by atoms with Crippen LogP contribution in [0.2, 0.25) is 0 Å². The number of hydrogen-bond acceptors (Lipinski definition) is 3. The molecule has 25 heavy (non-hydrogen) atoms. The fourth-order valence-corrected chi connectivity index (χ4v) is 2.91. The molecule has 1 N–H and O–H groups in total. The lowest BCUT2D eigenvalue weighted by Crippen LogP contribution is -2.21. The molecule has 0 amide bonds. The monoisotopic (exact) mass is 340 g/mol. The summed E-state index contributed by atoms with van der Waals surface area (Å²) in [6.45, 7) is 4.54. The largest absolute Gasteiger partial charge is 0.490 e. The summed E-state index contributed by atoms with van der Waals surface area (Å²) in [4.78, 5) is 12.7. The Balaban J connectivity index is 1.98. The molecule has 0 radical (unpaired) electrons. The van der Waals surface area contributed by atoms with Gasteiger partial charge in [0.25, 0.3) is 0 Å². The summed E-state index contributed by atoms with van der Waals surface area (Å²) in [5.74, 6) is 0.929. The van der Waals surface area contributed by atoms with Crippen LogP contribution in [0.15, 0.2) is 54.6 Å². The van der Waals surface area contributed by atoms with Crippen LogP contribution < -0.4 is 4.74 Å². The molecule has 3 nitrogen and oxygen atoms in total. The molecular formula is C22H28O3. The summed E-state index contributed by atoms with van der Waals surface area (Å²) >= 11 is 0. The Labute approximate surface area is 150 Å². The van der Waals surface area contributed by atoms with Crippen LogP contribution in [0.3, 0.4) is 0 Å². The highest BCUT2D eigenvalue weighted by Crippen LogP contribution is 2.22. The van der Waals surface area contributed by atoms with Crippen molar-refractivity contribution in [3.05, 3.63) is 65.7 Å². The van der Waals surface area contributed by atoms with Gasteiger partial charge in [-0.2, -0.15) is 0 Å². The van der Waals surface area contributed by atoms with E-state index in [4.69, 9.17) is 4.74 Å². The first kappa shape index (κ1) is 19.2. The second kappa shape index (κ2) is 10.00. The quantitative estimate of drug-likeness (QED) is 0.627. The van der Waals surface area contributed by atoms with Crippen molar-refractivity contribution in [2.24, 2.45) is 5.92 Å². The number of rotatable bonds is 10. The number of para-hydroxylation sites is 1. The lowest BCUT2D eigenvalue weighted by molar-refractivity contribution is 0.0840. The summed E-state index contributed by atoms with van der Waals surface area (Å²) in [7, 11) is 0. The Kier molecular flexibility index (Phi) is 7.68. The first-order valence-electron chi connectivity index (χ1n) is 9.11. The van der Waals surface area contributed by atoms with Gasteiger partial charge in [0, 0.05) is 5.56 Å². The maximum absolute atomic E-state index is 12.7. The van der Waals surface area contributed by atoms with E-state index in [2.05, 4.69) is 13.8 Å². The molecule has 0 fully saturated rings. The van der Waals surface area contributed by atoms with Crippen molar-refractivity contribution in [1.82, 2.24) is 0 Å². The van der Waals surface area contributed by atoms with E-state index in [0.29, 0.717) is 22.8 Å². The molecule has 2 rings (SSSR count). The predicted molar refractivity (Wildman–Crippen MR) is 101 cm³/mol. The number of aliphatic hydroxyl groups excluding tert-OH is 1. The molecule has 134 valence electrons. The zero-order chi connectivity index (χ0) is 18.1. The van der Waals surface area contributed by atoms with Crippen LogP contribution in [0.4, 0.5) is 0 Å². The molecule has 2 aromatic rings. The smallest absolute Gasteiger partial charge is 0.196 e. The molecule has 0 aliphatic rings. The van der Waals surface area contributed by atoms with Gasteiger partial charge in [-0.25, -0.2) is 0 Å². The van der Waals surface area contributed by atoms with E-state index in [9.17, 15) is 9.90 Å². The maximum atomic E-state index is 12.7. The molecule has 0 bridgehead atoms. The first-order valence-corrected chi connectivity index (χ1v) is 9.11. The van der Waals surface area contributed by atoms with Gasteiger partial charge in [0.05, 0.1) is 11.7 Å². The molecule has 2 unspecified atom stereocenters. The molecule has 0 aliphatic carbocycles. The summed E-state index contributed by atoms with van der Waals surface area (Å²) in [6, 6.07) is 16.4. The minimum absolute atomic E-state index is 0.0676. The van der Waals surface area contributed by atoms with E-state index < -0.39 is 6.10 Å². The number of unbranched alkanes of at least 4 members (excludes halogenated alkanes) is 1. The van der Waals surface area contributed by atoms with E-state index in [-0.39, 0.29) is 12.4 Å². The minimum atomic E-state index is -0.522. The third kappa shape index (κ3) is 6.02. The van der Waals surface area contributed by atoms with Gasteiger partial charge >= 0.3 is 0 Å². The van der Waals surface area contributed by atoms with Crippen LogP contribution in [-0.4, -0.2) is 23.6 Å². The average molecular weight is 340 g/mol. The van der Waals surface area contributed by atoms with Crippen LogP contribution in [-0.2, 0) is 0 Å². The number of carbonyl (C=O) groups is 1. The Morgan fingerprint density at radius 3 is 2.48 bits per heavy atom. The average Bonchev–Trinajstić information content (AvgIpc) is 2.65. The van der Waals surface area contributed by atoms with Crippen LogP contribution in [0.5, 0.6) is 5.75 Å². The Hall–Kier alpha value is -2.13. The van der Waals surface area contributed by atoms with Crippen molar-refractivity contribution >= 4 is 5.78 Å². The summed E-state index contributed by atoms with van der Waals surface area (Å²) in [5, 5.41) is 10.2. The molecule has 0 aromatic heterocycles. The number of aliphatic hydroxyl groups is 1. The predicted octanol–water partition coefficient (Wildman–Crippen LogP) is 4.87. The van der Waals surface area contributed by atoms with Crippen molar-refractivity contribution in [1.29, 1.82) is 0 Å². The summed E-state index contributed by atoms with van der Waals surface area (Å²) < 4.78 is 5.78. The Morgan fingerprint density at radius 2 is 1.76 bits per heavy atom. The van der Waals surface area contributed by atoms with Gasteiger partial charge in [0.2, 0.25) is 0 Å². The number of carbonyl (C=O) groups excluding carboxylic acids is 1. The van der Waals surface area contributed by atoms with Gasteiger partial charge < -0.3 is 9.84 Å². The minimum Gasteiger partial charge on any atom is -0.490 e. The van der Waals surface area contributed by atoms with E-state index in [1.165, 1.54) is 12.8 Å². The van der Waals surface area contributed by atoms with Crippen LogP contribution in [0, 0.1) is 5.92 Å². The number of ether oxygens (including phenoxy) is 1. The first-order chi connectivity index (χ1) is 12.1. The SMILES string of the molecule is CCCCC(C)CC(O)COc1ccccc1C(=O)c1ccccc1. The van der Waals surface area contributed by atoms with E-state index >= 15 is 0 Å². The highest BCUT2D eigenvalue weighted by atomic mass is 16.5. The van der Waals surface area contributed by atoms with Gasteiger partial charge in [-0.15, -0.1) is 0 Å². The van der Waals surface area contributed by atoms with Crippen molar-refractivity contribution in [2.45, 2.75) is 45.6 Å². The van der Waals surface area contributed by atoms with Gasteiger partial charge in [-0.05, 0) is 24.5 Å². The zero-order valence-electron chi connectivity index (χ0n) is 15.2. The van der Waals surface area contributed by atoms with Gasteiger partial charge in [0.1, 0.15) is 12.4 Å². The van der Waals surface area contributed by atoms with E-state index in [0.717, 1.165) is 12.8 Å². The topological polar surface area (TPSA) is 46.5 Å². The lowest BCUT2D eigenvalue weighted by Gasteiger charge is -2.18. The molecule has 0 heterocycles. The maximum Gasteiger partial charge on any atom is 0.196 e. The van der Waals surface area contributed by atoms with Crippen molar-refractivity contribution in [2.75, 3.05) is 6.61 Å². The van der Waals surface area contributed by atoms with Crippen LogP contribution in [0.1, 0.15) is 55.5 Å². The normalized spacial score (nSPS) is 13.2. The molecule has 0 saturated carbocycles. The van der Waals surface area contributed by atoms with Crippen molar-refractivity contribution < 1.29 is 14.6 Å². The third-order valence-electron chi connectivity index (χ3n) is 4.32. The van der Waals surface area contributed by atoms with Crippen LogP contribution >= 0.6 is 0 Å². The van der Waals surface area contributed by atoms with Gasteiger partial charge in [-0.1, -0.05) is 75.6 Å². The second-order valence-electron chi connectivity index (χ2n) is 6.64. The zero-order valence-corrected chi connectivity index (χ0v) is 15.2. The van der Waals surface area contributed by atoms with E-state index in [1.807, 2.05) is 30.3 Å². The Morgan fingerprint density at radius 1 is 1.08 bits per heavy atom. The molecule has 2 aromatic carbocycles.